The molecule has 0 radical (unpaired) electrons. The fourth-order valence-corrected chi connectivity index (χ4v) is 3.84. The molecule has 172 valence electrons. The van der Waals surface area contributed by atoms with E-state index < -0.39 is 34.7 Å². The van der Waals surface area contributed by atoms with E-state index in [4.69, 9.17) is 4.42 Å². The van der Waals surface area contributed by atoms with Crippen LogP contribution in [0.1, 0.15) is 29.3 Å². The molecule has 0 amide bonds. The highest BCUT2D eigenvalue weighted by Crippen LogP contribution is 2.47. The van der Waals surface area contributed by atoms with Gasteiger partial charge >= 0.3 is 11.9 Å². The van der Waals surface area contributed by atoms with Crippen molar-refractivity contribution in [2.45, 2.75) is 18.0 Å². The zero-order chi connectivity index (χ0) is 23.9. The fraction of sp³-hybridized carbons (Fsp3) is 0.130. The van der Waals surface area contributed by atoms with Gasteiger partial charge in [0.15, 0.2) is 11.6 Å². The standard InChI is InChI=1S/C23H14F4N4O3/c24-17-7-6-14(13-4-2-1-3-5-13)11-22(17,20-30-21(32)34-31-20)19-28-16(15-8-9-33-12-15)10-18(29-19)23(25,26)27/h1-10,12H,11H2,(H,30,31,32). The second kappa shape index (κ2) is 7.94. The molecular formula is C23H14F4N4O3. The molecule has 3 aromatic heterocycles. The van der Waals surface area contributed by atoms with Crippen molar-refractivity contribution in [3.05, 3.63) is 106 Å². The predicted octanol–water partition coefficient (Wildman–Crippen LogP) is 5.06. The summed E-state index contributed by atoms with van der Waals surface area (Å²) < 4.78 is 66.7. The molecule has 0 spiro atoms. The van der Waals surface area contributed by atoms with Crippen molar-refractivity contribution in [2.75, 3.05) is 0 Å². The summed E-state index contributed by atoms with van der Waals surface area (Å²) in [7, 11) is 0. The lowest BCUT2D eigenvalue weighted by molar-refractivity contribution is -0.141. The first kappa shape index (κ1) is 21.6. The molecule has 0 saturated carbocycles. The smallest absolute Gasteiger partial charge is 0.438 e. The van der Waals surface area contributed by atoms with Crippen LogP contribution in [0.25, 0.3) is 16.8 Å². The van der Waals surface area contributed by atoms with Crippen LogP contribution in [-0.2, 0) is 11.6 Å². The first-order valence-electron chi connectivity index (χ1n) is 9.95. The average molecular weight is 470 g/mol. The Balaban J connectivity index is 1.78. The van der Waals surface area contributed by atoms with Crippen molar-refractivity contribution in [3.63, 3.8) is 0 Å². The molecule has 4 aromatic rings. The van der Waals surface area contributed by atoms with Gasteiger partial charge in [0.25, 0.3) is 0 Å². The monoisotopic (exact) mass is 470 g/mol. The summed E-state index contributed by atoms with van der Waals surface area (Å²) in [6, 6.07) is 11.0. The lowest BCUT2D eigenvalue weighted by Crippen LogP contribution is -2.35. The molecule has 0 bridgehead atoms. The lowest BCUT2D eigenvalue weighted by Gasteiger charge is -2.32. The molecule has 1 N–H and O–H groups in total. The largest absolute Gasteiger partial charge is 0.472 e. The molecule has 1 aromatic carbocycles. The van der Waals surface area contributed by atoms with E-state index in [9.17, 15) is 18.0 Å². The molecular weight excluding hydrogens is 456 g/mol. The maximum absolute atomic E-state index is 15.7. The van der Waals surface area contributed by atoms with Gasteiger partial charge in [0, 0.05) is 5.56 Å². The van der Waals surface area contributed by atoms with Crippen LogP contribution in [0.3, 0.4) is 0 Å². The van der Waals surface area contributed by atoms with Crippen LogP contribution in [0.4, 0.5) is 17.6 Å². The number of nitrogens with one attached hydrogen (secondary N) is 1. The molecule has 34 heavy (non-hydrogen) atoms. The summed E-state index contributed by atoms with van der Waals surface area (Å²) in [5.74, 6) is -2.81. The third-order valence-corrected chi connectivity index (χ3v) is 5.50. The highest BCUT2D eigenvalue weighted by Gasteiger charge is 2.49. The van der Waals surface area contributed by atoms with Gasteiger partial charge in [0.2, 0.25) is 0 Å². The molecule has 5 rings (SSSR count). The number of furan rings is 1. The van der Waals surface area contributed by atoms with Crippen LogP contribution in [0.15, 0.2) is 86.7 Å². The van der Waals surface area contributed by atoms with Crippen molar-refractivity contribution in [1.29, 1.82) is 0 Å². The van der Waals surface area contributed by atoms with E-state index in [0.29, 0.717) is 11.1 Å². The highest BCUT2D eigenvalue weighted by atomic mass is 19.4. The van der Waals surface area contributed by atoms with Crippen LogP contribution in [0.2, 0.25) is 0 Å². The minimum atomic E-state index is -4.86. The number of alkyl halides is 3. The van der Waals surface area contributed by atoms with Gasteiger partial charge in [0.05, 0.1) is 18.2 Å². The molecule has 11 heteroatoms. The topological polar surface area (TPSA) is 97.8 Å². The number of hydrogen-bond donors (Lipinski definition) is 1. The predicted molar refractivity (Wildman–Crippen MR) is 111 cm³/mol. The van der Waals surface area contributed by atoms with Gasteiger partial charge in [-0.2, -0.15) is 13.2 Å². The Morgan fingerprint density at radius 1 is 1.03 bits per heavy atom. The van der Waals surface area contributed by atoms with Crippen molar-refractivity contribution >= 4 is 5.57 Å². The van der Waals surface area contributed by atoms with E-state index in [1.807, 2.05) is 0 Å². The number of benzene rings is 1. The first-order valence-corrected chi connectivity index (χ1v) is 9.95. The van der Waals surface area contributed by atoms with Crippen LogP contribution in [0.5, 0.6) is 0 Å². The van der Waals surface area contributed by atoms with E-state index in [1.165, 1.54) is 24.7 Å². The van der Waals surface area contributed by atoms with Gasteiger partial charge in [0.1, 0.15) is 16.9 Å². The third kappa shape index (κ3) is 3.64. The minimum absolute atomic E-state index is 0.139. The lowest BCUT2D eigenvalue weighted by atomic mass is 9.74. The molecule has 0 saturated heterocycles. The van der Waals surface area contributed by atoms with Gasteiger partial charge in [-0.1, -0.05) is 41.6 Å². The molecule has 1 aliphatic carbocycles. The Bertz CT molecular complexity index is 1450. The van der Waals surface area contributed by atoms with Crippen LogP contribution < -0.4 is 5.76 Å². The van der Waals surface area contributed by atoms with Crippen LogP contribution >= 0.6 is 0 Å². The highest BCUT2D eigenvalue weighted by molar-refractivity contribution is 5.72. The summed E-state index contributed by atoms with van der Waals surface area (Å²) in [4.78, 5) is 22.0. The summed E-state index contributed by atoms with van der Waals surface area (Å²) >= 11 is 0. The fourth-order valence-electron chi connectivity index (χ4n) is 3.84. The van der Waals surface area contributed by atoms with Crippen molar-refractivity contribution < 1.29 is 26.5 Å². The number of aromatic amines is 1. The van der Waals surface area contributed by atoms with Gasteiger partial charge in [-0.05, 0) is 35.8 Å². The molecule has 7 nitrogen and oxygen atoms in total. The number of hydrogen-bond acceptors (Lipinski definition) is 6. The molecule has 1 aliphatic rings. The maximum Gasteiger partial charge on any atom is 0.438 e. The SMILES string of the molecule is O=c1[nH]c(C2(c3nc(-c4ccoc4)cc(C(F)(F)F)n3)CC(c3ccccc3)=CC=C2F)no1. The molecule has 3 heterocycles. The van der Waals surface area contributed by atoms with Gasteiger partial charge in [-0.3, -0.25) is 9.51 Å². The zero-order valence-electron chi connectivity index (χ0n) is 17.1. The van der Waals surface area contributed by atoms with Gasteiger partial charge in [-0.25, -0.2) is 19.2 Å². The van der Waals surface area contributed by atoms with Crippen molar-refractivity contribution in [1.82, 2.24) is 20.1 Å². The number of aromatic nitrogens is 4. The van der Waals surface area contributed by atoms with Crippen LogP contribution in [0, 0.1) is 0 Å². The number of H-pyrrole nitrogens is 1. The summed E-state index contributed by atoms with van der Waals surface area (Å²) in [6.45, 7) is 0. The maximum atomic E-state index is 15.7. The van der Waals surface area contributed by atoms with E-state index >= 15 is 4.39 Å². The molecule has 0 aliphatic heterocycles. The first-order chi connectivity index (χ1) is 16.3. The van der Waals surface area contributed by atoms with Gasteiger partial charge in [-0.15, -0.1) is 0 Å². The van der Waals surface area contributed by atoms with Crippen molar-refractivity contribution in [3.8, 4) is 11.3 Å². The Labute approximate surface area is 188 Å². The summed E-state index contributed by atoms with van der Waals surface area (Å²) in [6.07, 6.45) is -0.00687. The van der Waals surface area contributed by atoms with E-state index in [2.05, 4.69) is 24.6 Å². The average Bonchev–Trinajstić information content (AvgIpc) is 3.52. The Hall–Kier alpha value is -4.28. The Kier molecular flexibility index (Phi) is 5.03. The van der Waals surface area contributed by atoms with Gasteiger partial charge < -0.3 is 4.42 Å². The minimum Gasteiger partial charge on any atom is -0.472 e. The number of nitrogens with zero attached hydrogens (tertiary/aromatic N) is 3. The quantitative estimate of drug-likeness (QED) is 0.419. The number of rotatable bonds is 4. The molecule has 1 atom stereocenters. The number of halogens is 4. The van der Waals surface area contributed by atoms with Crippen molar-refractivity contribution in [2.24, 2.45) is 0 Å². The van der Waals surface area contributed by atoms with E-state index in [1.54, 1.807) is 30.3 Å². The second-order valence-electron chi connectivity index (χ2n) is 7.57. The van der Waals surface area contributed by atoms with Crippen LogP contribution in [-0.4, -0.2) is 20.1 Å². The third-order valence-electron chi connectivity index (χ3n) is 5.50. The summed E-state index contributed by atoms with van der Waals surface area (Å²) in [5, 5.41) is 3.62. The summed E-state index contributed by atoms with van der Waals surface area (Å²) in [5.41, 5.74) is -2.01. The molecule has 1 unspecified atom stereocenters. The van der Waals surface area contributed by atoms with E-state index in [0.717, 1.165) is 12.1 Å². The Morgan fingerprint density at radius 2 is 1.82 bits per heavy atom. The second-order valence-corrected chi connectivity index (χ2v) is 7.57. The Morgan fingerprint density at radius 3 is 2.47 bits per heavy atom. The number of allylic oxidation sites excluding steroid dienone is 4. The normalized spacial score (nSPS) is 18.5. The molecule has 0 fully saturated rings. The zero-order valence-corrected chi connectivity index (χ0v) is 17.1. The van der Waals surface area contributed by atoms with E-state index in [-0.39, 0.29) is 23.5 Å².